The van der Waals surface area contributed by atoms with Gasteiger partial charge in [0.15, 0.2) is 0 Å². The first-order valence-corrected chi connectivity index (χ1v) is 6.90. The van der Waals surface area contributed by atoms with Crippen molar-refractivity contribution in [3.8, 4) is 0 Å². The number of hydrogen-bond acceptors (Lipinski definition) is 4. The van der Waals surface area contributed by atoms with Gasteiger partial charge in [-0.25, -0.2) is 5.43 Å². The molecule has 0 saturated heterocycles. The topological polar surface area (TPSA) is 83.7 Å². The van der Waals surface area contributed by atoms with Crippen LogP contribution in [0.1, 0.15) is 17.7 Å². The van der Waals surface area contributed by atoms with Crippen LogP contribution >= 0.6 is 0 Å². The van der Waals surface area contributed by atoms with E-state index in [0.717, 1.165) is 5.56 Å². The smallest absolute Gasteiger partial charge is 0.259 e. The second-order valence-electron chi connectivity index (χ2n) is 4.57. The average Bonchev–Trinajstić information content (AvgIpc) is 3.05. The first-order chi connectivity index (χ1) is 10.7. The summed E-state index contributed by atoms with van der Waals surface area (Å²) in [6, 6.07) is 13.1. The van der Waals surface area contributed by atoms with Crippen LogP contribution in [-0.2, 0) is 16.0 Å². The van der Waals surface area contributed by atoms with Crippen molar-refractivity contribution in [2.75, 3.05) is 6.54 Å². The molecule has 0 bridgehead atoms. The Morgan fingerprint density at radius 3 is 2.64 bits per heavy atom. The standard InChI is InChI=1S/C16H17N3O3/c20-15(9-8-13-5-2-1-3-6-13)17-12-16(21)19-18-11-14-7-4-10-22-14/h1-7,10-11H,8-9,12H2,(H,17,20)(H,19,21). The highest BCUT2D eigenvalue weighted by Crippen LogP contribution is 2.01. The molecule has 0 radical (unpaired) electrons. The summed E-state index contributed by atoms with van der Waals surface area (Å²) in [4.78, 5) is 23.1. The zero-order valence-electron chi connectivity index (χ0n) is 12.0. The van der Waals surface area contributed by atoms with Crippen LogP contribution in [0.25, 0.3) is 0 Å². The molecule has 2 rings (SSSR count). The minimum Gasteiger partial charge on any atom is -0.463 e. The van der Waals surface area contributed by atoms with E-state index in [0.29, 0.717) is 18.6 Å². The van der Waals surface area contributed by atoms with Crippen molar-refractivity contribution in [3.05, 3.63) is 60.1 Å². The average molecular weight is 299 g/mol. The highest BCUT2D eigenvalue weighted by Gasteiger charge is 2.05. The molecule has 2 N–H and O–H groups in total. The van der Waals surface area contributed by atoms with Crippen LogP contribution in [-0.4, -0.2) is 24.6 Å². The van der Waals surface area contributed by atoms with Crippen molar-refractivity contribution < 1.29 is 14.0 Å². The fourth-order valence-electron chi connectivity index (χ4n) is 1.74. The van der Waals surface area contributed by atoms with E-state index in [1.54, 1.807) is 12.1 Å². The molecule has 2 amide bonds. The molecule has 0 unspecified atom stereocenters. The third kappa shape index (κ3) is 5.62. The highest BCUT2D eigenvalue weighted by atomic mass is 16.3. The Balaban J connectivity index is 1.62. The Bertz CT molecular complexity index is 621. The van der Waals surface area contributed by atoms with Crippen LogP contribution in [0.3, 0.4) is 0 Å². The highest BCUT2D eigenvalue weighted by molar-refractivity contribution is 5.85. The molecular formula is C16H17N3O3. The first kappa shape index (κ1) is 15.5. The van der Waals surface area contributed by atoms with E-state index in [9.17, 15) is 9.59 Å². The zero-order valence-corrected chi connectivity index (χ0v) is 12.0. The molecule has 0 aliphatic heterocycles. The van der Waals surface area contributed by atoms with Crippen molar-refractivity contribution in [2.45, 2.75) is 12.8 Å². The van der Waals surface area contributed by atoms with Gasteiger partial charge in [0.2, 0.25) is 5.91 Å². The molecule has 0 fully saturated rings. The van der Waals surface area contributed by atoms with E-state index in [4.69, 9.17) is 4.42 Å². The van der Waals surface area contributed by atoms with Crippen LogP contribution in [0.5, 0.6) is 0 Å². The number of hydrazone groups is 1. The number of hydrogen-bond donors (Lipinski definition) is 2. The predicted molar refractivity (Wildman–Crippen MR) is 82.2 cm³/mol. The number of nitrogens with one attached hydrogen (secondary N) is 2. The van der Waals surface area contributed by atoms with E-state index < -0.39 is 5.91 Å². The molecule has 0 saturated carbocycles. The molecule has 0 atom stereocenters. The van der Waals surface area contributed by atoms with E-state index in [1.807, 2.05) is 30.3 Å². The Morgan fingerprint density at radius 1 is 1.09 bits per heavy atom. The SMILES string of the molecule is O=C(CCc1ccccc1)NCC(=O)NN=Cc1ccco1. The molecule has 2 aromatic rings. The number of benzene rings is 1. The van der Waals surface area contributed by atoms with Gasteiger partial charge in [-0.2, -0.15) is 5.10 Å². The van der Waals surface area contributed by atoms with Crippen LogP contribution in [0.4, 0.5) is 0 Å². The van der Waals surface area contributed by atoms with Gasteiger partial charge >= 0.3 is 0 Å². The predicted octanol–water partition coefficient (Wildman–Crippen LogP) is 1.48. The summed E-state index contributed by atoms with van der Waals surface area (Å²) in [7, 11) is 0. The van der Waals surface area contributed by atoms with Crippen molar-refractivity contribution in [2.24, 2.45) is 5.10 Å². The maximum absolute atomic E-state index is 11.6. The van der Waals surface area contributed by atoms with Crippen molar-refractivity contribution in [1.29, 1.82) is 0 Å². The number of amides is 2. The van der Waals surface area contributed by atoms with Crippen LogP contribution < -0.4 is 10.7 Å². The summed E-state index contributed by atoms with van der Waals surface area (Å²) in [6.45, 7) is -0.108. The molecule has 1 heterocycles. The summed E-state index contributed by atoms with van der Waals surface area (Å²) in [6.07, 6.45) is 3.88. The summed E-state index contributed by atoms with van der Waals surface area (Å²) < 4.78 is 5.02. The number of carbonyl (C=O) groups excluding carboxylic acids is 2. The molecule has 114 valence electrons. The fourth-order valence-corrected chi connectivity index (χ4v) is 1.74. The minimum atomic E-state index is -0.393. The van der Waals surface area contributed by atoms with E-state index in [2.05, 4.69) is 15.8 Å². The molecule has 6 nitrogen and oxygen atoms in total. The van der Waals surface area contributed by atoms with Gasteiger partial charge in [0, 0.05) is 6.42 Å². The van der Waals surface area contributed by atoms with Gasteiger partial charge in [-0.3, -0.25) is 9.59 Å². The largest absolute Gasteiger partial charge is 0.463 e. The third-order valence-electron chi connectivity index (χ3n) is 2.85. The third-order valence-corrected chi connectivity index (χ3v) is 2.85. The Kier molecular flexibility index (Phi) is 5.92. The lowest BCUT2D eigenvalue weighted by Gasteiger charge is -2.04. The molecule has 0 aliphatic rings. The van der Waals surface area contributed by atoms with Crippen LogP contribution in [0, 0.1) is 0 Å². The molecule has 6 heteroatoms. The van der Waals surface area contributed by atoms with Gasteiger partial charge in [0.25, 0.3) is 5.91 Å². The molecule has 0 spiro atoms. The van der Waals surface area contributed by atoms with Crippen molar-refractivity contribution in [1.82, 2.24) is 10.7 Å². The molecule has 22 heavy (non-hydrogen) atoms. The molecule has 0 aliphatic carbocycles. The van der Waals surface area contributed by atoms with Gasteiger partial charge in [-0.05, 0) is 24.1 Å². The number of furan rings is 1. The Morgan fingerprint density at radius 2 is 1.91 bits per heavy atom. The van der Waals surface area contributed by atoms with Crippen LogP contribution in [0.15, 0.2) is 58.2 Å². The summed E-state index contributed by atoms with van der Waals surface area (Å²) >= 11 is 0. The second kappa shape index (κ2) is 8.41. The van der Waals surface area contributed by atoms with E-state index in [1.165, 1.54) is 12.5 Å². The lowest BCUT2D eigenvalue weighted by atomic mass is 10.1. The Labute approximate surface area is 128 Å². The molecular weight excluding hydrogens is 282 g/mol. The molecule has 1 aromatic carbocycles. The maximum atomic E-state index is 11.6. The first-order valence-electron chi connectivity index (χ1n) is 6.90. The van der Waals surface area contributed by atoms with Gasteiger partial charge in [0.05, 0.1) is 19.0 Å². The lowest BCUT2D eigenvalue weighted by molar-refractivity contribution is -0.126. The Hall–Kier alpha value is -2.89. The quantitative estimate of drug-likeness (QED) is 0.600. The van der Waals surface area contributed by atoms with E-state index in [-0.39, 0.29) is 12.5 Å². The van der Waals surface area contributed by atoms with Gasteiger partial charge in [-0.15, -0.1) is 0 Å². The summed E-state index contributed by atoms with van der Waals surface area (Å²) in [5.74, 6) is -0.0305. The summed E-state index contributed by atoms with van der Waals surface area (Å²) in [5, 5.41) is 6.26. The maximum Gasteiger partial charge on any atom is 0.259 e. The zero-order chi connectivity index (χ0) is 15.6. The van der Waals surface area contributed by atoms with Crippen molar-refractivity contribution >= 4 is 18.0 Å². The van der Waals surface area contributed by atoms with Crippen LogP contribution in [0.2, 0.25) is 0 Å². The monoisotopic (exact) mass is 299 g/mol. The number of aryl methyl sites for hydroxylation is 1. The summed E-state index contributed by atoms with van der Waals surface area (Å²) in [5.41, 5.74) is 3.39. The van der Waals surface area contributed by atoms with Crippen molar-refractivity contribution in [3.63, 3.8) is 0 Å². The van der Waals surface area contributed by atoms with Gasteiger partial charge < -0.3 is 9.73 Å². The second-order valence-corrected chi connectivity index (χ2v) is 4.57. The number of nitrogens with zero attached hydrogens (tertiary/aromatic N) is 1. The normalized spacial score (nSPS) is 10.5. The lowest BCUT2D eigenvalue weighted by Crippen LogP contribution is -2.35. The number of carbonyl (C=O) groups is 2. The molecule has 1 aromatic heterocycles. The van der Waals surface area contributed by atoms with Gasteiger partial charge in [-0.1, -0.05) is 30.3 Å². The van der Waals surface area contributed by atoms with Gasteiger partial charge in [0.1, 0.15) is 5.76 Å². The minimum absolute atomic E-state index is 0.108. The number of rotatable bonds is 7. The fraction of sp³-hybridized carbons (Fsp3) is 0.188. The van der Waals surface area contributed by atoms with E-state index >= 15 is 0 Å².